The first-order chi connectivity index (χ1) is 12.9. The van der Waals surface area contributed by atoms with Gasteiger partial charge in [-0.25, -0.2) is 0 Å². The van der Waals surface area contributed by atoms with E-state index >= 15 is 0 Å². The smallest absolute Gasteiger partial charge is 0.310 e. The second-order valence-corrected chi connectivity index (χ2v) is 11.0. The van der Waals surface area contributed by atoms with Crippen LogP contribution in [-0.2, 0) is 4.79 Å². The molecular weight excluding hydrogens is 334 g/mol. The third kappa shape index (κ3) is 2.74. The van der Waals surface area contributed by atoms with Gasteiger partial charge in [-0.15, -0.1) is 0 Å². The Morgan fingerprint density at radius 1 is 1.15 bits per heavy atom. The van der Waals surface area contributed by atoms with E-state index in [0.717, 1.165) is 38.5 Å². The molecule has 0 saturated heterocycles. The van der Waals surface area contributed by atoms with Gasteiger partial charge in [-0.05, 0) is 85.9 Å². The maximum Gasteiger partial charge on any atom is 0.310 e. The van der Waals surface area contributed by atoms with Crippen molar-refractivity contribution in [1.29, 1.82) is 0 Å². The fourth-order valence-electron chi connectivity index (χ4n) is 9.16. The van der Waals surface area contributed by atoms with Crippen LogP contribution in [-0.4, -0.2) is 17.1 Å². The largest absolute Gasteiger partial charge is 0.481 e. The lowest BCUT2D eigenvalue weighted by atomic mass is 9.44. The topological polar surface area (TPSA) is 63.3 Å². The highest BCUT2D eigenvalue weighted by molar-refractivity contribution is 5.76. The molecule has 0 aromatic rings. The molecule has 2 unspecified atom stereocenters. The van der Waals surface area contributed by atoms with E-state index in [9.17, 15) is 9.90 Å². The maximum absolute atomic E-state index is 12.6. The van der Waals surface area contributed by atoms with Gasteiger partial charge in [0.05, 0.1) is 5.41 Å². The molecule has 4 rings (SSSR count). The van der Waals surface area contributed by atoms with Crippen LogP contribution in [0.3, 0.4) is 0 Å². The average Bonchev–Trinajstić information content (AvgIpc) is 2.91. The zero-order chi connectivity index (χ0) is 19.4. The van der Waals surface area contributed by atoms with Crippen molar-refractivity contribution in [3.63, 3.8) is 0 Å². The zero-order valence-electron chi connectivity index (χ0n) is 17.8. The molecule has 0 heterocycles. The normalized spacial score (nSPS) is 50.4. The molecule has 3 nitrogen and oxygen atoms in total. The van der Waals surface area contributed by atoms with E-state index in [2.05, 4.69) is 20.8 Å². The minimum absolute atomic E-state index is 0.310. The quantitative estimate of drug-likeness (QED) is 0.684. The van der Waals surface area contributed by atoms with Crippen molar-refractivity contribution in [2.75, 3.05) is 0 Å². The number of hydrogen-bond donors (Lipinski definition) is 2. The highest BCUT2D eigenvalue weighted by atomic mass is 16.4. The average molecular weight is 376 g/mol. The molecule has 0 aromatic carbocycles. The van der Waals surface area contributed by atoms with Gasteiger partial charge in [-0.2, -0.15) is 0 Å². The molecule has 154 valence electrons. The van der Waals surface area contributed by atoms with Crippen molar-refractivity contribution in [3.8, 4) is 0 Å². The van der Waals surface area contributed by atoms with Gasteiger partial charge >= 0.3 is 5.97 Å². The molecule has 0 spiro atoms. The van der Waals surface area contributed by atoms with Crippen LogP contribution < -0.4 is 5.73 Å². The summed E-state index contributed by atoms with van der Waals surface area (Å²) in [6.07, 6.45) is 12.8. The van der Waals surface area contributed by atoms with Crippen LogP contribution in [0.4, 0.5) is 0 Å². The Morgan fingerprint density at radius 3 is 2.63 bits per heavy atom. The van der Waals surface area contributed by atoms with Crippen molar-refractivity contribution in [3.05, 3.63) is 0 Å². The molecule has 4 saturated carbocycles. The van der Waals surface area contributed by atoms with Crippen molar-refractivity contribution in [2.24, 2.45) is 52.1 Å². The predicted octanol–water partition coefficient (Wildman–Crippen LogP) is 5.47. The lowest BCUT2D eigenvalue weighted by molar-refractivity contribution is -0.179. The highest BCUT2D eigenvalue weighted by Gasteiger charge is 2.65. The van der Waals surface area contributed by atoms with Crippen LogP contribution in [0.5, 0.6) is 0 Å². The summed E-state index contributed by atoms with van der Waals surface area (Å²) >= 11 is 0. The predicted molar refractivity (Wildman–Crippen MR) is 109 cm³/mol. The van der Waals surface area contributed by atoms with Gasteiger partial charge in [0.2, 0.25) is 0 Å². The molecule has 4 fully saturated rings. The first kappa shape index (κ1) is 19.7. The van der Waals surface area contributed by atoms with Gasteiger partial charge in [-0.3, -0.25) is 4.79 Å². The molecule has 4 aliphatic rings. The Labute approximate surface area is 165 Å². The monoisotopic (exact) mass is 375 g/mol. The Hall–Kier alpha value is -0.570. The van der Waals surface area contributed by atoms with Crippen molar-refractivity contribution >= 4 is 5.97 Å². The standard InChI is InChI=1S/C24H41NO2/c1-4-7-15(2)21-20(25)14-19-17-10-9-16-8-5-6-12-24(16,22(26)27)18(17)11-13-23(19,21)3/h15-21H,4-14,25H2,1-3H3,(H,26,27)/t15-,16?,17-,18+,19+,20?,21+,23+,24-/m1/s1. The minimum atomic E-state index is -0.469. The highest BCUT2D eigenvalue weighted by Crippen LogP contribution is 2.68. The number of aliphatic carboxylic acids is 1. The Kier molecular flexibility index (Phi) is 5.15. The fraction of sp³-hybridized carbons (Fsp3) is 0.958. The molecule has 0 bridgehead atoms. The van der Waals surface area contributed by atoms with Gasteiger partial charge in [0.15, 0.2) is 0 Å². The lowest BCUT2D eigenvalue weighted by Gasteiger charge is -2.60. The van der Waals surface area contributed by atoms with E-state index in [0.29, 0.717) is 47.0 Å². The van der Waals surface area contributed by atoms with Crippen LogP contribution in [0.15, 0.2) is 0 Å². The van der Waals surface area contributed by atoms with Crippen molar-refractivity contribution < 1.29 is 9.90 Å². The van der Waals surface area contributed by atoms with Gasteiger partial charge in [-0.1, -0.05) is 46.5 Å². The van der Waals surface area contributed by atoms with E-state index in [1.165, 1.54) is 32.1 Å². The summed E-state index contributed by atoms with van der Waals surface area (Å²) in [7, 11) is 0. The summed E-state index contributed by atoms with van der Waals surface area (Å²) in [6.45, 7) is 7.23. The molecule has 3 heteroatoms. The number of rotatable bonds is 4. The molecule has 9 atom stereocenters. The number of fused-ring (bicyclic) bond motifs is 5. The third-order valence-electron chi connectivity index (χ3n) is 10.0. The second kappa shape index (κ2) is 7.04. The molecule has 0 aromatic heterocycles. The maximum atomic E-state index is 12.6. The Morgan fingerprint density at radius 2 is 1.93 bits per heavy atom. The van der Waals surface area contributed by atoms with Gasteiger partial charge in [0.25, 0.3) is 0 Å². The molecule has 3 N–H and O–H groups in total. The van der Waals surface area contributed by atoms with Crippen molar-refractivity contribution in [1.82, 2.24) is 0 Å². The van der Waals surface area contributed by atoms with E-state index in [-0.39, 0.29) is 0 Å². The molecule has 0 aliphatic heterocycles. The van der Waals surface area contributed by atoms with Gasteiger partial charge < -0.3 is 10.8 Å². The number of hydrogen-bond acceptors (Lipinski definition) is 2. The summed E-state index contributed by atoms with van der Waals surface area (Å²) < 4.78 is 0. The summed E-state index contributed by atoms with van der Waals surface area (Å²) in [4.78, 5) is 12.6. The van der Waals surface area contributed by atoms with E-state index in [1.54, 1.807) is 0 Å². The minimum Gasteiger partial charge on any atom is -0.481 e. The Bertz CT molecular complexity index is 577. The van der Waals surface area contributed by atoms with Gasteiger partial charge in [0, 0.05) is 6.04 Å². The van der Waals surface area contributed by atoms with Crippen LogP contribution in [0.1, 0.15) is 91.4 Å². The Balaban J connectivity index is 1.66. The number of carbonyl (C=O) groups is 1. The van der Waals surface area contributed by atoms with Crippen molar-refractivity contribution in [2.45, 2.75) is 97.4 Å². The van der Waals surface area contributed by atoms with Crippen LogP contribution in [0.25, 0.3) is 0 Å². The summed E-state index contributed by atoms with van der Waals surface area (Å²) in [5, 5.41) is 10.4. The second-order valence-electron chi connectivity index (χ2n) is 11.0. The van der Waals surface area contributed by atoms with Crippen LogP contribution in [0.2, 0.25) is 0 Å². The van der Waals surface area contributed by atoms with E-state index in [1.807, 2.05) is 0 Å². The summed E-state index contributed by atoms with van der Waals surface area (Å²) in [5.74, 6) is 2.92. The van der Waals surface area contributed by atoms with Crippen LogP contribution >= 0.6 is 0 Å². The molecule has 4 aliphatic carbocycles. The first-order valence-corrected chi connectivity index (χ1v) is 11.8. The zero-order valence-corrected chi connectivity index (χ0v) is 17.8. The van der Waals surface area contributed by atoms with Crippen LogP contribution in [0, 0.1) is 46.3 Å². The first-order valence-electron chi connectivity index (χ1n) is 11.8. The fourth-order valence-corrected chi connectivity index (χ4v) is 9.16. The SMILES string of the molecule is CCC[C@@H](C)[C@H]1C(N)C[C@H]2[C@@H]3CCC4CCCC[C@]4(C(=O)O)[C@H]3CC[C@]12C. The summed E-state index contributed by atoms with van der Waals surface area (Å²) in [5.41, 5.74) is 6.70. The lowest BCUT2D eigenvalue weighted by Crippen LogP contribution is -2.57. The molecule has 0 radical (unpaired) electrons. The number of nitrogens with two attached hydrogens (primary N) is 1. The van der Waals surface area contributed by atoms with E-state index < -0.39 is 11.4 Å². The molecule has 0 amide bonds. The van der Waals surface area contributed by atoms with E-state index in [4.69, 9.17) is 5.73 Å². The molecular formula is C24H41NO2. The number of carboxylic acid groups (broad SMARTS) is 1. The third-order valence-corrected chi connectivity index (χ3v) is 10.0. The number of carboxylic acids is 1. The summed E-state index contributed by atoms with van der Waals surface area (Å²) in [6, 6.07) is 0.310. The van der Waals surface area contributed by atoms with Gasteiger partial charge in [0.1, 0.15) is 0 Å². The molecule has 27 heavy (non-hydrogen) atoms.